The Balaban J connectivity index is 1.77. The first-order valence-electron chi connectivity index (χ1n) is 8.63. The molecule has 0 aromatic heterocycles. The molecule has 6 heteroatoms. The van der Waals surface area contributed by atoms with Gasteiger partial charge in [0.05, 0.1) is 32.2 Å². The summed E-state index contributed by atoms with van der Waals surface area (Å²) in [4.78, 5) is 12.8. The van der Waals surface area contributed by atoms with Gasteiger partial charge in [0, 0.05) is 6.20 Å². The van der Waals surface area contributed by atoms with E-state index in [1.54, 1.807) is 24.3 Å². The van der Waals surface area contributed by atoms with E-state index in [1.165, 1.54) is 6.20 Å². The van der Waals surface area contributed by atoms with Crippen LogP contribution in [0.15, 0.2) is 91.1 Å². The molecule has 0 heterocycles. The van der Waals surface area contributed by atoms with Crippen LogP contribution in [0.2, 0.25) is 5.02 Å². The number of halogens is 1. The fourth-order valence-electron chi connectivity index (χ4n) is 2.54. The van der Waals surface area contributed by atoms with E-state index in [2.05, 4.69) is 10.6 Å². The van der Waals surface area contributed by atoms with E-state index in [9.17, 15) is 9.00 Å². The molecular weight excluding hydrogens is 392 g/mol. The van der Waals surface area contributed by atoms with E-state index < -0.39 is 16.8 Å². The molecular formula is C22H19ClN2O2S. The molecule has 0 fully saturated rings. The molecule has 0 unspecified atom stereocenters. The molecule has 0 saturated heterocycles. The fourth-order valence-corrected chi connectivity index (χ4v) is 3.96. The van der Waals surface area contributed by atoms with Crippen molar-refractivity contribution in [3.63, 3.8) is 0 Å². The van der Waals surface area contributed by atoms with Crippen LogP contribution in [0.4, 0.5) is 10.5 Å². The third-order valence-electron chi connectivity index (χ3n) is 3.90. The monoisotopic (exact) mass is 410 g/mol. The number of para-hydroxylation sites is 1. The SMILES string of the molecule is O=C(N/C=C(/c1ccccc1)[S@@](=O)Cc1ccccc1)Nc1ccccc1Cl. The van der Waals surface area contributed by atoms with Gasteiger partial charge in [0.2, 0.25) is 0 Å². The van der Waals surface area contributed by atoms with E-state index in [0.29, 0.717) is 21.4 Å². The zero-order valence-corrected chi connectivity index (χ0v) is 16.5. The summed E-state index contributed by atoms with van der Waals surface area (Å²) in [5, 5.41) is 5.78. The zero-order valence-electron chi connectivity index (χ0n) is 15.0. The standard InChI is InChI=1S/C22H19ClN2O2S/c23-19-13-7-8-14-20(19)25-22(26)24-15-21(18-11-5-2-6-12-18)28(27)16-17-9-3-1-4-10-17/h1-15H,16H2,(H2,24,25,26)/b21-15-/t28-/m0/s1. The smallest absolute Gasteiger partial charge is 0.313 e. The second-order valence-corrected chi connectivity index (χ2v) is 7.76. The lowest BCUT2D eigenvalue weighted by Crippen LogP contribution is -2.24. The highest BCUT2D eigenvalue weighted by Crippen LogP contribution is 2.22. The number of urea groups is 1. The Hall–Kier alpha value is -2.89. The van der Waals surface area contributed by atoms with Gasteiger partial charge in [0.1, 0.15) is 0 Å². The van der Waals surface area contributed by atoms with Crippen molar-refractivity contribution < 1.29 is 9.00 Å². The topological polar surface area (TPSA) is 58.2 Å². The number of hydrogen-bond acceptors (Lipinski definition) is 2. The third kappa shape index (κ3) is 5.55. The number of hydrogen-bond donors (Lipinski definition) is 2. The first-order chi connectivity index (χ1) is 13.6. The highest BCUT2D eigenvalue weighted by atomic mass is 35.5. The second kappa shape index (κ2) is 9.88. The molecule has 3 aromatic carbocycles. The molecule has 0 aliphatic heterocycles. The zero-order chi connectivity index (χ0) is 19.8. The van der Waals surface area contributed by atoms with Crippen LogP contribution in [0.25, 0.3) is 4.91 Å². The minimum atomic E-state index is -1.33. The quantitative estimate of drug-likeness (QED) is 0.570. The number of carbonyl (C=O) groups is 1. The van der Waals surface area contributed by atoms with Gasteiger partial charge < -0.3 is 10.6 Å². The number of anilines is 1. The maximum atomic E-state index is 13.0. The van der Waals surface area contributed by atoms with Crippen molar-refractivity contribution in [2.75, 3.05) is 5.32 Å². The largest absolute Gasteiger partial charge is 0.323 e. The van der Waals surface area contributed by atoms with Crippen LogP contribution in [0.5, 0.6) is 0 Å². The van der Waals surface area contributed by atoms with Gasteiger partial charge in [-0.05, 0) is 23.3 Å². The van der Waals surface area contributed by atoms with Gasteiger partial charge >= 0.3 is 6.03 Å². The van der Waals surface area contributed by atoms with Gasteiger partial charge in [-0.2, -0.15) is 0 Å². The van der Waals surface area contributed by atoms with Crippen molar-refractivity contribution in [3.8, 4) is 0 Å². The molecule has 4 nitrogen and oxygen atoms in total. The molecule has 2 amide bonds. The van der Waals surface area contributed by atoms with Gasteiger partial charge in [0.25, 0.3) is 0 Å². The summed E-state index contributed by atoms with van der Waals surface area (Å²) in [5.74, 6) is 0.357. The van der Waals surface area contributed by atoms with Crippen molar-refractivity contribution in [1.82, 2.24) is 5.32 Å². The van der Waals surface area contributed by atoms with Gasteiger partial charge in [-0.3, -0.25) is 4.21 Å². The lowest BCUT2D eigenvalue weighted by Gasteiger charge is -2.10. The van der Waals surface area contributed by atoms with Crippen molar-refractivity contribution in [3.05, 3.63) is 107 Å². The summed E-state index contributed by atoms with van der Waals surface area (Å²) < 4.78 is 13.0. The molecule has 0 aliphatic rings. The molecule has 28 heavy (non-hydrogen) atoms. The Labute approximate surface area is 171 Å². The van der Waals surface area contributed by atoms with Crippen LogP contribution in [-0.4, -0.2) is 10.2 Å². The summed E-state index contributed by atoms with van der Waals surface area (Å²) in [6.45, 7) is 0. The summed E-state index contributed by atoms with van der Waals surface area (Å²) in [5.41, 5.74) is 2.25. The third-order valence-corrected chi connectivity index (χ3v) is 5.67. The molecule has 0 spiro atoms. The normalized spacial score (nSPS) is 12.2. The Morgan fingerprint density at radius 1 is 0.893 bits per heavy atom. The number of benzene rings is 3. The Morgan fingerprint density at radius 2 is 1.50 bits per heavy atom. The highest BCUT2D eigenvalue weighted by Gasteiger charge is 2.12. The number of rotatable bonds is 6. The molecule has 142 valence electrons. The maximum Gasteiger partial charge on any atom is 0.323 e. The van der Waals surface area contributed by atoms with Crippen molar-refractivity contribution >= 4 is 39.0 Å². The predicted molar refractivity (Wildman–Crippen MR) is 116 cm³/mol. The molecule has 1 atom stereocenters. The van der Waals surface area contributed by atoms with Crippen molar-refractivity contribution in [2.24, 2.45) is 0 Å². The lowest BCUT2D eigenvalue weighted by molar-refractivity contribution is 0.255. The summed E-state index contributed by atoms with van der Waals surface area (Å²) in [6, 6.07) is 25.4. The first kappa shape index (κ1) is 19.9. The van der Waals surface area contributed by atoms with Crippen LogP contribution in [-0.2, 0) is 16.6 Å². The molecule has 0 bridgehead atoms. The van der Waals surface area contributed by atoms with Crippen LogP contribution >= 0.6 is 11.6 Å². The number of amides is 2. The van der Waals surface area contributed by atoms with Gasteiger partial charge in [0.15, 0.2) is 0 Å². The highest BCUT2D eigenvalue weighted by molar-refractivity contribution is 7.93. The average molecular weight is 411 g/mol. The first-order valence-corrected chi connectivity index (χ1v) is 10.3. The van der Waals surface area contributed by atoms with E-state index in [4.69, 9.17) is 11.6 Å². The number of carbonyl (C=O) groups excluding carboxylic acids is 1. The van der Waals surface area contributed by atoms with Crippen LogP contribution in [0.3, 0.4) is 0 Å². The van der Waals surface area contributed by atoms with E-state index in [1.807, 2.05) is 60.7 Å². The second-order valence-electron chi connectivity index (χ2n) is 5.93. The summed E-state index contributed by atoms with van der Waals surface area (Å²) in [7, 11) is -1.33. The van der Waals surface area contributed by atoms with E-state index >= 15 is 0 Å². The maximum absolute atomic E-state index is 13.0. The predicted octanol–water partition coefficient (Wildman–Crippen LogP) is 5.41. The minimum Gasteiger partial charge on any atom is -0.313 e. The number of nitrogens with one attached hydrogen (secondary N) is 2. The fraction of sp³-hybridized carbons (Fsp3) is 0.0455. The van der Waals surface area contributed by atoms with E-state index in [0.717, 1.165) is 11.1 Å². The van der Waals surface area contributed by atoms with Crippen LogP contribution in [0.1, 0.15) is 11.1 Å². The molecule has 0 aliphatic carbocycles. The molecule has 0 radical (unpaired) electrons. The molecule has 3 aromatic rings. The summed E-state index contributed by atoms with van der Waals surface area (Å²) >= 11 is 6.06. The van der Waals surface area contributed by atoms with Crippen molar-refractivity contribution in [2.45, 2.75) is 5.75 Å². The van der Waals surface area contributed by atoms with Crippen molar-refractivity contribution in [1.29, 1.82) is 0 Å². The van der Waals surface area contributed by atoms with Gasteiger partial charge in [-0.15, -0.1) is 0 Å². The van der Waals surface area contributed by atoms with Crippen LogP contribution < -0.4 is 10.6 Å². The van der Waals surface area contributed by atoms with E-state index in [-0.39, 0.29) is 0 Å². The molecule has 3 rings (SSSR count). The average Bonchev–Trinajstić information content (AvgIpc) is 2.71. The lowest BCUT2D eigenvalue weighted by atomic mass is 10.2. The van der Waals surface area contributed by atoms with Gasteiger partial charge in [-0.25, -0.2) is 4.79 Å². The Morgan fingerprint density at radius 3 is 2.18 bits per heavy atom. The van der Waals surface area contributed by atoms with Crippen LogP contribution in [0, 0.1) is 0 Å². The Kier molecular flexibility index (Phi) is 7.00. The molecule has 2 N–H and O–H groups in total. The Bertz CT molecular complexity index is 992. The minimum absolute atomic E-state index is 0.357. The molecule has 0 saturated carbocycles. The van der Waals surface area contributed by atoms with Gasteiger partial charge in [-0.1, -0.05) is 84.4 Å². The summed E-state index contributed by atoms with van der Waals surface area (Å²) in [6.07, 6.45) is 1.49.